The zero-order valence-electron chi connectivity index (χ0n) is 10.6. The van der Waals surface area contributed by atoms with Crippen LogP contribution in [0.15, 0.2) is 12.4 Å². The highest BCUT2D eigenvalue weighted by atomic mass is 79.9. The zero-order valence-corrected chi connectivity index (χ0v) is 12.1. The molecule has 0 unspecified atom stereocenters. The Bertz CT molecular complexity index is 355. The van der Waals surface area contributed by atoms with Crippen LogP contribution in [0.2, 0.25) is 0 Å². The largest absolute Gasteiger partial charge is 0.306 e. The summed E-state index contributed by atoms with van der Waals surface area (Å²) in [5.41, 5.74) is 0.0739. The predicted molar refractivity (Wildman–Crippen MR) is 75.0 cm³/mol. The zero-order chi connectivity index (χ0) is 13.2. The summed E-state index contributed by atoms with van der Waals surface area (Å²) in [6.45, 7) is 0.773. The van der Waals surface area contributed by atoms with E-state index >= 15 is 0 Å². The van der Waals surface area contributed by atoms with Crippen LogP contribution < -0.4 is 0 Å². The number of aromatic nitrogens is 2. The highest BCUT2D eigenvalue weighted by Crippen LogP contribution is 2.11. The normalized spacial score (nSPS) is 10.7. The molecular formula is C12H20BrN3O2. The quantitative estimate of drug-likeness (QED) is 0.284. The lowest BCUT2D eigenvalue weighted by molar-refractivity contribution is -0.385. The molecule has 0 aliphatic carbocycles. The van der Waals surface area contributed by atoms with Crippen LogP contribution in [0.25, 0.3) is 0 Å². The molecule has 0 aliphatic rings. The van der Waals surface area contributed by atoms with Crippen molar-refractivity contribution in [2.45, 2.75) is 51.5 Å². The maximum atomic E-state index is 10.5. The third kappa shape index (κ3) is 6.14. The Morgan fingerprint density at radius 2 is 1.78 bits per heavy atom. The van der Waals surface area contributed by atoms with E-state index in [1.807, 2.05) is 0 Å². The van der Waals surface area contributed by atoms with Crippen LogP contribution in [0.4, 0.5) is 5.69 Å². The first-order valence-corrected chi connectivity index (χ1v) is 7.59. The molecule has 0 aliphatic heterocycles. The lowest BCUT2D eigenvalue weighted by Gasteiger charge is -2.01. The molecule has 0 saturated carbocycles. The standard InChI is InChI=1S/C12H20BrN3O2/c13-8-6-4-2-1-3-5-7-9-15-11-12(10-14-15)16(17)18/h10-11H,1-9H2. The molecule has 6 heteroatoms. The Kier molecular flexibility index (Phi) is 7.64. The van der Waals surface area contributed by atoms with Crippen LogP contribution in [0.1, 0.15) is 44.9 Å². The molecule has 1 heterocycles. The summed E-state index contributed by atoms with van der Waals surface area (Å²) < 4.78 is 1.66. The average Bonchev–Trinajstić information content (AvgIpc) is 2.81. The molecule has 0 saturated heterocycles. The van der Waals surface area contributed by atoms with Gasteiger partial charge in [0.1, 0.15) is 12.4 Å². The molecule has 1 aromatic rings. The second-order valence-electron chi connectivity index (χ2n) is 4.38. The molecule has 1 aromatic heterocycles. The van der Waals surface area contributed by atoms with E-state index in [-0.39, 0.29) is 5.69 Å². The highest BCUT2D eigenvalue weighted by molar-refractivity contribution is 9.09. The minimum Gasteiger partial charge on any atom is -0.266 e. The summed E-state index contributed by atoms with van der Waals surface area (Å²) >= 11 is 3.42. The minimum absolute atomic E-state index is 0.0739. The average molecular weight is 318 g/mol. The molecule has 0 bridgehead atoms. The van der Waals surface area contributed by atoms with Crippen molar-refractivity contribution in [2.75, 3.05) is 5.33 Å². The molecule has 1 rings (SSSR count). The van der Waals surface area contributed by atoms with Crippen molar-refractivity contribution >= 4 is 21.6 Å². The SMILES string of the molecule is O=[N+]([O-])c1cnn(CCCCCCCCCBr)c1. The number of alkyl halides is 1. The van der Waals surface area contributed by atoms with Gasteiger partial charge >= 0.3 is 5.69 Å². The van der Waals surface area contributed by atoms with Crippen molar-refractivity contribution < 1.29 is 4.92 Å². The fourth-order valence-corrected chi connectivity index (χ4v) is 2.22. The maximum absolute atomic E-state index is 10.5. The molecule has 0 amide bonds. The van der Waals surface area contributed by atoms with E-state index in [0.717, 1.165) is 18.3 Å². The lowest BCUT2D eigenvalue weighted by atomic mass is 10.1. The van der Waals surface area contributed by atoms with E-state index in [1.54, 1.807) is 4.68 Å². The number of rotatable bonds is 10. The van der Waals surface area contributed by atoms with Crippen molar-refractivity contribution in [3.05, 3.63) is 22.5 Å². The van der Waals surface area contributed by atoms with E-state index in [0.29, 0.717) is 0 Å². The molecule has 18 heavy (non-hydrogen) atoms. The van der Waals surface area contributed by atoms with Gasteiger partial charge in [-0.3, -0.25) is 14.8 Å². The van der Waals surface area contributed by atoms with Crippen LogP contribution in [-0.4, -0.2) is 20.0 Å². The molecule has 0 aromatic carbocycles. The Morgan fingerprint density at radius 3 is 2.33 bits per heavy atom. The number of nitro groups is 1. The Hall–Kier alpha value is -0.910. The van der Waals surface area contributed by atoms with Crippen LogP contribution in [-0.2, 0) is 6.54 Å². The van der Waals surface area contributed by atoms with Gasteiger partial charge in [-0.05, 0) is 12.8 Å². The van der Waals surface area contributed by atoms with Gasteiger partial charge < -0.3 is 0 Å². The number of aryl methyl sites for hydroxylation is 1. The van der Waals surface area contributed by atoms with Gasteiger partial charge in [0.25, 0.3) is 0 Å². The predicted octanol–water partition coefficient (Wildman–Crippen LogP) is 3.92. The van der Waals surface area contributed by atoms with Gasteiger partial charge in [-0.2, -0.15) is 5.10 Å². The molecule has 102 valence electrons. The van der Waals surface area contributed by atoms with Gasteiger partial charge in [-0.25, -0.2) is 0 Å². The molecule has 5 nitrogen and oxygen atoms in total. The second kappa shape index (κ2) is 9.08. The Labute approximate surface area is 116 Å². The van der Waals surface area contributed by atoms with Crippen LogP contribution in [0.5, 0.6) is 0 Å². The Balaban J connectivity index is 2.02. The first-order valence-electron chi connectivity index (χ1n) is 6.47. The third-order valence-electron chi connectivity index (χ3n) is 2.85. The van der Waals surface area contributed by atoms with Crippen molar-refractivity contribution in [1.82, 2.24) is 9.78 Å². The first kappa shape index (κ1) is 15.1. The van der Waals surface area contributed by atoms with E-state index in [1.165, 1.54) is 50.9 Å². The molecule has 0 fully saturated rings. The van der Waals surface area contributed by atoms with Crippen LogP contribution in [0, 0.1) is 10.1 Å². The Morgan fingerprint density at radius 1 is 1.17 bits per heavy atom. The number of nitrogens with zero attached hydrogens (tertiary/aromatic N) is 3. The number of halogens is 1. The topological polar surface area (TPSA) is 61.0 Å². The number of hydrogen-bond donors (Lipinski definition) is 0. The van der Waals surface area contributed by atoms with Crippen molar-refractivity contribution in [3.8, 4) is 0 Å². The molecule has 0 radical (unpaired) electrons. The van der Waals surface area contributed by atoms with Crippen molar-refractivity contribution in [3.63, 3.8) is 0 Å². The van der Waals surface area contributed by atoms with Gasteiger partial charge in [0.2, 0.25) is 0 Å². The fourth-order valence-electron chi connectivity index (χ4n) is 1.82. The fraction of sp³-hybridized carbons (Fsp3) is 0.750. The van der Waals surface area contributed by atoms with Gasteiger partial charge in [-0.1, -0.05) is 48.0 Å². The summed E-state index contributed by atoms with van der Waals surface area (Å²) in [5.74, 6) is 0. The van der Waals surface area contributed by atoms with E-state index in [2.05, 4.69) is 21.0 Å². The smallest absolute Gasteiger partial charge is 0.266 e. The molecular weight excluding hydrogens is 298 g/mol. The lowest BCUT2D eigenvalue weighted by Crippen LogP contribution is -1.98. The summed E-state index contributed by atoms with van der Waals surface area (Å²) in [6, 6.07) is 0. The summed E-state index contributed by atoms with van der Waals surface area (Å²) in [6.07, 6.45) is 11.4. The van der Waals surface area contributed by atoms with Gasteiger partial charge in [0.05, 0.1) is 4.92 Å². The molecule has 0 N–H and O–H groups in total. The second-order valence-corrected chi connectivity index (χ2v) is 5.18. The van der Waals surface area contributed by atoms with Crippen LogP contribution in [0.3, 0.4) is 0 Å². The maximum Gasteiger partial charge on any atom is 0.306 e. The van der Waals surface area contributed by atoms with Crippen LogP contribution >= 0.6 is 15.9 Å². The molecule has 0 atom stereocenters. The summed E-state index contributed by atoms with van der Waals surface area (Å²) in [4.78, 5) is 10.1. The van der Waals surface area contributed by atoms with E-state index < -0.39 is 4.92 Å². The van der Waals surface area contributed by atoms with Gasteiger partial charge in [0, 0.05) is 11.9 Å². The van der Waals surface area contributed by atoms with Gasteiger partial charge in [-0.15, -0.1) is 0 Å². The summed E-state index contributed by atoms with van der Waals surface area (Å²) in [5, 5.41) is 15.5. The van der Waals surface area contributed by atoms with E-state index in [4.69, 9.17) is 0 Å². The number of unbranched alkanes of at least 4 members (excludes halogenated alkanes) is 6. The van der Waals surface area contributed by atoms with Crippen molar-refractivity contribution in [2.24, 2.45) is 0 Å². The minimum atomic E-state index is -0.409. The first-order chi connectivity index (χ1) is 8.74. The summed E-state index contributed by atoms with van der Waals surface area (Å²) in [7, 11) is 0. The van der Waals surface area contributed by atoms with Crippen molar-refractivity contribution in [1.29, 1.82) is 0 Å². The van der Waals surface area contributed by atoms with E-state index in [9.17, 15) is 10.1 Å². The highest BCUT2D eigenvalue weighted by Gasteiger charge is 2.07. The monoisotopic (exact) mass is 317 g/mol. The third-order valence-corrected chi connectivity index (χ3v) is 3.41. The molecule has 0 spiro atoms. The van der Waals surface area contributed by atoms with Gasteiger partial charge in [0.15, 0.2) is 0 Å². The number of hydrogen-bond acceptors (Lipinski definition) is 3.